The predicted molar refractivity (Wildman–Crippen MR) is 81.9 cm³/mol. The maximum absolute atomic E-state index is 5.96. The number of nitrogens with zero attached hydrogens (tertiary/aromatic N) is 3. The largest absolute Gasteiger partial charge is 0.341 e. The van der Waals surface area contributed by atoms with Gasteiger partial charge in [0.1, 0.15) is 0 Å². The molecule has 1 aromatic rings. The highest BCUT2D eigenvalue weighted by atomic mass is 15.3. The number of anilines is 1. The number of aromatic nitrogens is 2. The average Bonchev–Trinajstić information content (AvgIpc) is 2.48. The molecule has 0 radical (unpaired) electrons. The first kappa shape index (κ1) is 13.8. The van der Waals surface area contributed by atoms with Gasteiger partial charge in [0.2, 0.25) is 5.95 Å². The molecular formula is C16H26N4. The van der Waals surface area contributed by atoms with Gasteiger partial charge in [-0.2, -0.15) is 0 Å². The summed E-state index contributed by atoms with van der Waals surface area (Å²) in [6.07, 6.45) is 10.4. The zero-order valence-corrected chi connectivity index (χ0v) is 12.5. The highest BCUT2D eigenvalue weighted by molar-refractivity contribution is 5.35. The van der Waals surface area contributed by atoms with E-state index >= 15 is 0 Å². The van der Waals surface area contributed by atoms with Crippen LogP contribution in [0.3, 0.4) is 0 Å². The number of hydrogen-bond donors (Lipinski definition) is 1. The Morgan fingerprint density at radius 3 is 2.85 bits per heavy atom. The van der Waals surface area contributed by atoms with E-state index in [2.05, 4.69) is 23.0 Å². The van der Waals surface area contributed by atoms with Crippen LogP contribution in [0, 0.1) is 5.92 Å². The van der Waals surface area contributed by atoms with Crippen molar-refractivity contribution in [1.82, 2.24) is 9.97 Å². The second-order valence-electron chi connectivity index (χ2n) is 6.36. The molecule has 0 aromatic carbocycles. The molecule has 4 nitrogen and oxygen atoms in total. The van der Waals surface area contributed by atoms with Crippen LogP contribution in [-0.2, 0) is 12.8 Å². The zero-order chi connectivity index (χ0) is 13.9. The fraction of sp³-hybridized carbons (Fsp3) is 0.750. The first-order valence-corrected chi connectivity index (χ1v) is 8.11. The molecule has 0 amide bonds. The van der Waals surface area contributed by atoms with Crippen LogP contribution in [0.15, 0.2) is 6.20 Å². The van der Waals surface area contributed by atoms with Gasteiger partial charge in [-0.05, 0) is 43.6 Å². The average molecular weight is 274 g/mol. The lowest BCUT2D eigenvalue weighted by Crippen LogP contribution is -2.40. The number of aryl methyl sites for hydroxylation is 1. The van der Waals surface area contributed by atoms with E-state index in [1.54, 1.807) is 0 Å². The molecule has 1 atom stereocenters. The summed E-state index contributed by atoms with van der Waals surface area (Å²) in [6, 6.07) is 0.360. The smallest absolute Gasteiger partial charge is 0.225 e. The minimum atomic E-state index is 0.360. The topological polar surface area (TPSA) is 55.0 Å². The Labute approximate surface area is 121 Å². The Kier molecular flexibility index (Phi) is 4.20. The summed E-state index contributed by atoms with van der Waals surface area (Å²) >= 11 is 0. The summed E-state index contributed by atoms with van der Waals surface area (Å²) < 4.78 is 0. The molecule has 1 aliphatic heterocycles. The lowest BCUT2D eigenvalue weighted by Gasteiger charge is -2.31. The highest BCUT2D eigenvalue weighted by Gasteiger charge is 2.23. The third-order valence-corrected chi connectivity index (χ3v) is 4.76. The van der Waals surface area contributed by atoms with Crippen molar-refractivity contribution in [1.29, 1.82) is 0 Å². The third-order valence-electron chi connectivity index (χ3n) is 4.76. The van der Waals surface area contributed by atoms with Crippen LogP contribution >= 0.6 is 0 Å². The van der Waals surface area contributed by atoms with Crippen LogP contribution in [0.1, 0.15) is 50.3 Å². The maximum atomic E-state index is 5.96. The fourth-order valence-electron chi connectivity index (χ4n) is 3.48. The van der Waals surface area contributed by atoms with Crippen molar-refractivity contribution in [2.24, 2.45) is 11.7 Å². The molecule has 0 bridgehead atoms. The van der Waals surface area contributed by atoms with Crippen molar-refractivity contribution in [3.05, 3.63) is 17.5 Å². The molecule has 2 heterocycles. The summed E-state index contributed by atoms with van der Waals surface area (Å²) in [5.41, 5.74) is 8.63. The molecule has 0 spiro atoms. The third kappa shape index (κ3) is 2.95. The van der Waals surface area contributed by atoms with E-state index in [4.69, 9.17) is 10.7 Å². The van der Waals surface area contributed by atoms with Crippen LogP contribution in [0.5, 0.6) is 0 Å². The van der Waals surface area contributed by atoms with Crippen molar-refractivity contribution in [2.75, 3.05) is 18.0 Å². The summed E-state index contributed by atoms with van der Waals surface area (Å²) in [7, 11) is 0. The van der Waals surface area contributed by atoms with Crippen molar-refractivity contribution >= 4 is 5.95 Å². The van der Waals surface area contributed by atoms with Crippen LogP contribution in [0.25, 0.3) is 0 Å². The molecule has 4 heteroatoms. The molecule has 3 rings (SSSR count). The fourth-order valence-corrected chi connectivity index (χ4v) is 3.48. The van der Waals surface area contributed by atoms with Crippen molar-refractivity contribution in [2.45, 2.75) is 57.9 Å². The van der Waals surface area contributed by atoms with Gasteiger partial charge < -0.3 is 10.6 Å². The van der Waals surface area contributed by atoms with E-state index in [1.807, 2.05) is 0 Å². The molecule has 1 unspecified atom stereocenters. The number of nitrogens with two attached hydrogens (primary N) is 1. The van der Waals surface area contributed by atoms with Crippen molar-refractivity contribution in [3.8, 4) is 0 Å². The lowest BCUT2D eigenvalue weighted by molar-refractivity contribution is 0.416. The Hall–Kier alpha value is -1.16. The zero-order valence-electron chi connectivity index (χ0n) is 12.5. The minimum absolute atomic E-state index is 0.360. The predicted octanol–water partition coefficient (Wildman–Crippen LogP) is 2.31. The van der Waals surface area contributed by atoms with E-state index in [0.29, 0.717) is 6.04 Å². The van der Waals surface area contributed by atoms with Crippen LogP contribution in [0.4, 0.5) is 5.95 Å². The SMILES string of the molecule is CCCC1CCc2nc(N3CCC(N)CC3)ncc2C1. The number of hydrogen-bond acceptors (Lipinski definition) is 4. The number of fused-ring (bicyclic) bond motifs is 1. The van der Waals surface area contributed by atoms with Gasteiger partial charge in [0.15, 0.2) is 0 Å². The molecule has 110 valence electrons. The number of rotatable bonds is 3. The quantitative estimate of drug-likeness (QED) is 0.919. The van der Waals surface area contributed by atoms with Gasteiger partial charge in [0.05, 0.1) is 0 Å². The molecule has 20 heavy (non-hydrogen) atoms. The first-order chi connectivity index (χ1) is 9.76. The molecule has 0 saturated carbocycles. The van der Waals surface area contributed by atoms with Gasteiger partial charge in [0, 0.05) is 31.0 Å². The van der Waals surface area contributed by atoms with E-state index in [0.717, 1.165) is 44.2 Å². The molecule has 1 fully saturated rings. The van der Waals surface area contributed by atoms with Crippen molar-refractivity contribution < 1.29 is 0 Å². The Bertz CT molecular complexity index is 452. The second kappa shape index (κ2) is 6.08. The van der Waals surface area contributed by atoms with Crippen molar-refractivity contribution in [3.63, 3.8) is 0 Å². The summed E-state index contributed by atoms with van der Waals surface area (Å²) in [6.45, 7) is 4.27. The van der Waals surface area contributed by atoms with Gasteiger partial charge in [-0.25, -0.2) is 9.97 Å². The van der Waals surface area contributed by atoms with Crippen LogP contribution in [0.2, 0.25) is 0 Å². The van der Waals surface area contributed by atoms with E-state index in [9.17, 15) is 0 Å². The first-order valence-electron chi connectivity index (χ1n) is 8.11. The molecule has 1 aromatic heterocycles. The molecule has 1 saturated heterocycles. The van der Waals surface area contributed by atoms with E-state index in [-0.39, 0.29) is 0 Å². The van der Waals surface area contributed by atoms with E-state index < -0.39 is 0 Å². The Morgan fingerprint density at radius 1 is 1.30 bits per heavy atom. The molecule has 2 aliphatic rings. The monoisotopic (exact) mass is 274 g/mol. The Morgan fingerprint density at radius 2 is 2.10 bits per heavy atom. The Balaban J connectivity index is 1.71. The molecule has 2 N–H and O–H groups in total. The molecule has 1 aliphatic carbocycles. The highest BCUT2D eigenvalue weighted by Crippen LogP contribution is 2.28. The second-order valence-corrected chi connectivity index (χ2v) is 6.36. The van der Waals surface area contributed by atoms with E-state index in [1.165, 1.54) is 36.9 Å². The summed E-state index contributed by atoms with van der Waals surface area (Å²) in [5, 5.41) is 0. The van der Waals surface area contributed by atoms with Gasteiger partial charge >= 0.3 is 0 Å². The number of piperidine rings is 1. The minimum Gasteiger partial charge on any atom is -0.341 e. The van der Waals surface area contributed by atoms with Gasteiger partial charge in [0.25, 0.3) is 0 Å². The van der Waals surface area contributed by atoms with Gasteiger partial charge in [-0.1, -0.05) is 19.8 Å². The summed E-state index contributed by atoms with van der Waals surface area (Å²) in [4.78, 5) is 11.7. The van der Waals surface area contributed by atoms with Gasteiger partial charge in [-0.15, -0.1) is 0 Å². The molecular weight excluding hydrogens is 248 g/mol. The maximum Gasteiger partial charge on any atom is 0.225 e. The van der Waals surface area contributed by atoms with Crippen LogP contribution < -0.4 is 10.6 Å². The normalized spacial score (nSPS) is 23.7. The summed E-state index contributed by atoms with van der Waals surface area (Å²) in [5.74, 6) is 1.76. The standard InChI is InChI=1S/C16H26N4/c1-2-3-12-4-5-15-13(10-12)11-18-16(19-15)20-8-6-14(17)7-9-20/h11-12,14H,2-10,17H2,1H3. The van der Waals surface area contributed by atoms with Gasteiger partial charge in [-0.3, -0.25) is 0 Å². The van der Waals surface area contributed by atoms with Crippen LogP contribution in [-0.4, -0.2) is 29.1 Å². The lowest BCUT2D eigenvalue weighted by atomic mass is 9.85.